The first-order valence-corrected chi connectivity index (χ1v) is 6.41. The molecule has 4 heteroatoms. The molecule has 0 aliphatic carbocycles. The van der Waals surface area contributed by atoms with Gasteiger partial charge in [0.25, 0.3) is 0 Å². The van der Waals surface area contributed by atoms with E-state index in [-0.39, 0.29) is 5.82 Å². The highest BCUT2D eigenvalue weighted by Crippen LogP contribution is 2.30. The summed E-state index contributed by atoms with van der Waals surface area (Å²) in [6, 6.07) is 9.70. The summed E-state index contributed by atoms with van der Waals surface area (Å²) in [5, 5.41) is 8.73. The van der Waals surface area contributed by atoms with Crippen molar-refractivity contribution < 1.29 is 19.0 Å². The van der Waals surface area contributed by atoms with Crippen molar-refractivity contribution in [1.82, 2.24) is 0 Å². The third-order valence-electron chi connectivity index (χ3n) is 2.94. The van der Waals surface area contributed by atoms with Gasteiger partial charge in [0.2, 0.25) is 0 Å². The number of carboxylic acids is 1. The number of ether oxygens (including phenoxy) is 1. The van der Waals surface area contributed by atoms with E-state index in [9.17, 15) is 9.18 Å². The van der Waals surface area contributed by atoms with Gasteiger partial charge in [0.05, 0.1) is 0 Å². The Labute approximate surface area is 122 Å². The van der Waals surface area contributed by atoms with E-state index in [4.69, 9.17) is 9.84 Å². The van der Waals surface area contributed by atoms with Crippen LogP contribution in [0.5, 0.6) is 11.5 Å². The molecule has 0 bridgehead atoms. The van der Waals surface area contributed by atoms with Gasteiger partial charge in [-0.15, -0.1) is 0 Å². The molecule has 0 atom stereocenters. The van der Waals surface area contributed by atoms with Gasteiger partial charge in [0, 0.05) is 17.7 Å². The minimum atomic E-state index is -1.04. The Hall–Kier alpha value is -2.62. The highest BCUT2D eigenvalue weighted by Gasteiger charge is 2.07. The average Bonchev–Trinajstić information content (AvgIpc) is 2.43. The lowest BCUT2D eigenvalue weighted by Gasteiger charge is -2.12. The Bertz CT molecular complexity index is 705. The van der Waals surface area contributed by atoms with Crippen molar-refractivity contribution in [2.45, 2.75) is 13.8 Å². The molecule has 21 heavy (non-hydrogen) atoms. The van der Waals surface area contributed by atoms with E-state index in [0.29, 0.717) is 17.1 Å². The number of halogens is 1. The molecule has 0 saturated carbocycles. The summed E-state index contributed by atoms with van der Waals surface area (Å²) in [5.74, 6) is -0.537. The van der Waals surface area contributed by atoms with Crippen LogP contribution in [-0.2, 0) is 4.79 Å². The summed E-state index contributed by atoms with van der Waals surface area (Å²) in [6.45, 7) is 3.71. The number of hydrogen-bond donors (Lipinski definition) is 1. The van der Waals surface area contributed by atoms with Crippen LogP contribution >= 0.6 is 0 Å². The quantitative estimate of drug-likeness (QED) is 0.851. The Morgan fingerprint density at radius 3 is 2.62 bits per heavy atom. The SMILES string of the molecule is Cc1ccc(Oc2cc(F)ccc2C)c(/C=C/C(=O)O)c1. The van der Waals surface area contributed by atoms with Crippen LogP contribution in [0.2, 0.25) is 0 Å². The van der Waals surface area contributed by atoms with Gasteiger partial charge >= 0.3 is 5.97 Å². The van der Waals surface area contributed by atoms with E-state index in [1.54, 1.807) is 12.1 Å². The lowest BCUT2D eigenvalue weighted by molar-refractivity contribution is -0.131. The highest BCUT2D eigenvalue weighted by molar-refractivity contribution is 5.86. The molecule has 2 aromatic rings. The molecule has 0 unspecified atom stereocenters. The molecule has 0 saturated heterocycles. The number of carbonyl (C=O) groups is 1. The van der Waals surface area contributed by atoms with Crippen LogP contribution in [0.4, 0.5) is 4.39 Å². The molecule has 0 fully saturated rings. The molecule has 0 amide bonds. The molecule has 1 N–H and O–H groups in total. The fourth-order valence-electron chi connectivity index (χ4n) is 1.85. The van der Waals surface area contributed by atoms with Crippen molar-refractivity contribution in [2.75, 3.05) is 0 Å². The zero-order valence-electron chi connectivity index (χ0n) is 11.8. The molecule has 0 spiro atoms. The number of carboxylic acid groups (broad SMARTS) is 1. The summed E-state index contributed by atoms with van der Waals surface area (Å²) in [4.78, 5) is 10.6. The largest absolute Gasteiger partial charge is 0.478 e. The van der Waals surface area contributed by atoms with Crippen molar-refractivity contribution in [2.24, 2.45) is 0 Å². The smallest absolute Gasteiger partial charge is 0.328 e. The highest BCUT2D eigenvalue weighted by atomic mass is 19.1. The van der Waals surface area contributed by atoms with Crippen LogP contribution < -0.4 is 4.74 Å². The second-order valence-electron chi connectivity index (χ2n) is 4.72. The first-order valence-electron chi connectivity index (χ1n) is 6.41. The molecule has 3 nitrogen and oxygen atoms in total. The van der Waals surface area contributed by atoms with Gasteiger partial charge in [0.15, 0.2) is 0 Å². The van der Waals surface area contributed by atoms with Gasteiger partial charge in [-0.3, -0.25) is 0 Å². The van der Waals surface area contributed by atoms with E-state index in [1.807, 2.05) is 26.0 Å². The summed E-state index contributed by atoms with van der Waals surface area (Å²) in [5.41, 5.74) is 2.40. The number of rotatable bonds is 4. The average molecular weight is 286 g/mol. The maximum Gasteiger partial charge on any atom is 0.328 e. The van der Waals surface area contributed by atoms with E-state index < -0.39 is 5.97 Å². The number of benzene rings is 2. The van der Waals surface area contributed by atoms with Gasteiger partial charge in [-0.2, -0.15) is 0 Å². The van der Waals surface area contributed by atoms with Gasteiger partial charge in [-0.1, -0.05) is 17.7 Å². The van der Waals surface area contributed by atoms with E-state index in [2.05, 4.69) is 0 Å². The molecule has 108 valence electrons. The minimum Gasteiger partial charge on any atom is -0.478 e. The second kappa shape index (κ2) is 6.22. The van der Waals surface area contributed by atoms with Gasteiger partial charge in [-0.05, 0) is 43.7 Å². The first-order chi connectivity index (χ1) is 9.95. The normalized spacial score (nSPS) is 10.8. The van der Waals surface area contributed by atoms with Crippen molar-refractivity contribution in [3.63, 3.8) is 0 Å². The molecular weight excluding hydrogens is 271 g/mol. The summed E-state index contributed by atoms with van der Waals surface area (Å²) < 4.78 is 19.0. The zero-order valence-corrected chi connectivity index (χ0v) is 11.8. The standard InChI is InChI=1S/C17H15FO3/c1-11-3-7-15(13(9-11)5-8-17(19)20)21-16-10-14(18)6-4-12(16)2/h3-10H,1-2H3,(H,19,20)/b8-5+. The maximum atomic E-state index is 13.3. The van der Waals surface area contributed by atoms with Crippen molar-refractivity contribution in [3.8, 4) is 11.5 Å². The van der Waals surface area contributed by atoms with E-state index in [0.717, 1.165) is 17.2 Å². The van der Waals surface area contributed by atoms with Gasteiger partial charge < -0.3 is 9.84 Å². The fourth-order valence-corrected chi connectivity index (χ4v) is 1.85. The minimum absolute atomic E-state index is 0.384. The lowest BCUT2D eigenvalue weighted by atomic mass is 10.1. The second-order valence-corrected chi connectivity index (χ2v) is 4.72. The van der Waals surface area contributed by atoms with Crippen LogP contribution in [0, 0.1) is 19.7 Å². The molecule has 0 aliphatic rings. The third kappa shape index (κ3) is 3.92. The molecule has 2 rings (SSSR count). The molecule has 2 aromatic carbocycles. The topological polar surface area (TPSA) is 46.5 Å². The predicted octanol–water partition coefficient (Wildman–Crippen LogP) is 4.33. The van der Waals surface area contributed by atoms with Crippen LogP contribution in [0.25, 0.3) is 6.08 Å². The third-order valence-corrected chi connectivity index (χ3v) is 2.94. The number of aryl methyl sites for hydroxylation is 2. The summed E-state index contributed by atoms with van der Waals surface area (Å²) in [7, 11) is 0. The van der Waals surface area contributed by atoms with Crippen molar-refractivity contribution in [1.29, 1.82) is 0 Å². The maximum absolute atomic E-state index is 13.3. The number of aliphatic carboxylic acids is 1. The van der Waals surface area contributed by atoms with Gasteiger partial charge in [0.1, 0.15) is 17.3 Å². The van der Waals surface area contributed by atoms with Crippen LogP contribution in [0.3, 0.4) is 0 Å². The fraction of sp³-hybridized carbons (Fsp3) is 0.118. The zero-order chi connectivity index (χ0) is 15.4. The van der Waals surface area contributed by atoms with Crippen LogP contribution in [-0.4, -0.2) is 11.1 Å². The Kier molecular flexibility index (Phi) is 4.38. The summed E-state index contributed by atoms with van der Waals surface area (Å²) >= 11 is 0. The molecular formula is C17H15FO3. The van der Waals surface area contributed by atoms with Crippen LogP contribution in [0.15, 0.2) is 42.5 Å². The first kappa shape index (κ1) is 14.8. The number of hydrogen-bond acceptors (Lipinski definition) is 2. The predicted molar refractivity (Wildman–Crippen MR) is 79.1 cm³/mol. The summed E-state index contributed by atoms with van der Waals surface area (Å²) in [6.07, 6.45) is 2.50. The monoisotopic (exact) mass is 286 g/mol. The Morgan fingerprint density at radius 1 is 1.14 bits per heavy atom. The molecule has 0 radical (unpaired) electrons. The van der Waals surface area contributed by atoms with Gasteiger partial charge in [-0.25, -0.2) is 9.18 Å². The Morgan fingerprint density at radius 2 is 1.90 bits per heavy atom. The lowest BCUT2D eigenvalue weighted by Crippen LogP contribution is -1.93. The van der Waals surface area contributed by atoms with Crippen LogP contribution in [0.1, 0.15) is 16.7 Å². The van der Waals surface area contributed by atoms with Crippen molar-refractivity contribution in [3.05, 3.63) is 65.0 Å². The van der Waals surface area contributed by atoms with E-state index in [1.165, 1.54) is 18.2 Å². The Balaban J connectivity index is 2.39. The molecule has 0 heterocycles. The molecule has 0 aromatic heterocycles. The van der Waals surface area contributed by atoms with Crippen molar-refractivity contribution >= 4 is 12.0 Å². The van der Waals surface area contributed by atoms with E-state index >= 15 is 0 Å². The molecule has 0 aliphatic heterocycles.